The van der Waals surface area contributed by atoms with Gasteiger partial charge in [-0.25, -0.2) is 0 Å². The van der Waals surface area contributed by atoms with Crippen molar-refractivity contribution < 1.29 is 14.7 Å². The van der Waals surface area contributed by atoms with Gasteiger partial charge in [0.2, 0.25) is 5.91 Å². The molecular weight excluding hydrogens is 254 g/mol. The summed E-state index contributed by atoms with van der Waals surface area (Å²) >= 11 is 0. The van der Waals surface area contributed by atoms with Gasteiger partial charge in [0.25, 0.3) is 0 Å². The minimum atomic E-state index is -0.800. The zero-order valence-electron chi connectivity index (χ0n) is 11.8. The molecule has 2 rings (SSSR count). The molecule has 1 fully saturated rings. The summed E-state index contributed by atoms with van der Waals surface area (Å²) in [4.78, 5) is 23.3. The van der Waals surface area contributed by atoms with Crippen LogP contribution >= 0.6 is 0 Å². The molecule has 1 aliphatic carbocycles. The molecule has 0 bridgehead atoms. The van der Waals surface area contributed by atoms with E-state index in [-0.39, 0.29) is 11.9 Å². The minimum absolute atomic E-state index is 0.0891. The van der Waals surface area contributed by atoms with E-state index in [4.69, 9.17) is 0 Å². The number of carbonyl (C=O) groups excluding carboxylic acids is 1. The number of hydrogen-bond acceptors (Lipinski definition) is 2. The molecule has 0 radical (unpaired) electrons. The maximum absolute atomic E-state index is 12.1. The molecular formula is C16H21NO3. The highest BCUT2D eigenvalue weighted by atomic mass is 16.4. The van der Waals surface area contributed by atoms with Gasteiger partial charge in [-0.15, -0.1) is 0 Å². The molecule has 4 heteroatoms. The first kappa shape index (κ1) is 14.6. The SMILES string of the molecule is Cc1cccc(CC(=O)NC2CCCCC2C(=O)O)c1. The highest BCUT2D eigenvalue weighted by Gasteiger charge is 2.31. The van der Waals surface area contributed by atoms with Crippen molar-refractivity contribution in [1.29, 1.82) is 0 Å². The van der Waals surface area contributed by atoms with E-state index in [1.165, 1.54) is 0 Å². The third-order valence-electron chi connectivity index (χ3n) is 3.88. The van der Waals surface area contributed by atoms with Crippen molar-refractivity contribution in [3.63, 3.8) is 0 Å². The molecule has 0 heterocycles. The van der Waals surface area contributed by atoms with Crippen LogP contribution in [0.5, 0.6) is 0 Å². The number of hydrogen-bond donors (Lipinski definition) is 2. The molecule has 1 aromatic carbocycles. The lowest BCUT2D eigenvalue weighted by Crippen LogP contribution is -2.45. The molecule has 1 aromatic rings. The van der Waals surface area contributed by atoms with Crippen molar-refractivity contribution >= 4 is 11.9 Å². The quantitative estimate of drug-likeness (QED) is 0.886. The highest BCUT2D eigenvalue weighted by Crippen LogP contribution is 2.24. The molecule has 4 nitrogen and oxygen atoms in total. The first-order chi connectivity index (χ1) is 9.56. The second-order valence-electron chi connectivity index (χ2n) is 5.57. The number of benzene rings is 1. The maximum atomic E-state index is 12.1. The molecule has 1 aliphatic rings. The second-order valence-corrected chi connectivity index (χ2v) is 5.57. The second kappa shape index (κ2) is 6.55. The van der Waals surface area contributed by atoms with Crippen molar-refractivity contribution in [2.24, 2.45) is 5.92 Å². The summed E-state index contributed by atoms with van der Waals surface area (Å²) in [7, 11) is 0. The number of carbonyl (C=O) groups is 2. The highest BCUT2D eigenvalue weighted by molar-refractivity contribution is 5.80. The van der Waals surface area contributed by atoms with Gasteiger partial charge in [-0.1, -0.05) is 42.7 Å². The largest absolute Gasteiger partial charge is 0.481 e. The first-order valence-corrected chi connectivity index (χ1v) is 7.14. The van der Waals surface area contributed by atoms with Gasteiger partial charge in [-0.3, -0.25) is 9.59 Å². The predicted molar refractivity (Wildman–Crippen MR) is 76.4 cm³/mol. The van der Waals surface area contributed by atoms with E-state index in [0.29, 0.717) is 12.8 Å². The standard InChI is InChI=1S/C16H21NO3/c1-11-5-4-6-12(9-11)10-15(18)17-14-8-3-2-7-13(14)16(19)20/h4-6,9,13-14H,2-3,7-8,10H2,1H3,(H,17,18)(H,19,20). The van der Waals surface area contributed by atoms with Gasteiger partial charge in [0.05, 0.1) is 12.3 Å². The molecule has 0 aliphatic heterocycles. The molecule has 2 unspecified atom stereocenters. The summed E-state index contributed by atoms with van der Waals surface area (Å²) in [6.45, 7) is 1.99. The Kier molecular flexibility index (Phi) is 4.77. The molecule has 20 heavy (non-hydrogen) atoms. The van der Waals surface area contributed by atoms with E-state index >= 15 is 0 Å². The zero-order valence-corrected chi connectivity index (χ0v) is 11.8. The Bertz CT molecular complexity index is 498. The predicted octanol–water partition coefficient (Wildman–Crippen LogP) is 2.30. The third kappa shape index (κ3) is 3.83. The van der Waals surface area contributed by atoms with Crippen LogP contribution in [0.2, 0.25) is 0 Å². The Hall–Kier alpha value is -1.84. The molecule has 0 saturated heterocycles. The van der Waals surface area contributed by atoms with Gasteiger partial charge in [0, 0.05) is 6.04 Å². The molecule has 0 spiro atoms. The summed E-state index contributed by atoms with van der Waals surface area (Å²) in [5, 5.41) is 12.1. The van der Waals surface area contributed by atoms with E-state index < -0.39 is 11.9 Å². The van der Waals surface area contributed by atoms with Crippen LogP contribution in [0, 0.1) is 12.8 Å². The number of rotatable bonds is 4. The van der Waals surface area contributed by atoms with Gasteiger partial charge < -0.3 is 10.4 Å². The van der Waals surface area contributed by atoms with E-state index in [1.54, 1.807) is 0 Å². The van der Waals surface area contributed by atoms with Crippen molar-refractivity contribution in [2.75, 3.05) is 0 Å². The van der Waals surface area contributed by atoms with Crippen molar-refractivity contribution in [3.05, 3.63) is 35.4 Å². The van der Waals surface area contributed by atoms with Gasteiger partial charge in [0.1, 0.15) is 0 Å². The van der Waals surface area contributed by atoms with Gasteiger partial charge in [0.15, 0.2) is 0 Å². The lowest BCUT2D eigenvalue weighted by molar-refractivity contribution is -0.144. The van der Waals surface area contributed by atoms with Crippen LogP contribution in [0.4, 0.5) is 0 Å². The van der Waals surface area contributed by atoms with Crippen LogP contribution in [-0.4, -0.2) is 23.0 Å². The molecule has 2 atom stereocenters. The fraction of sp³-hybridized carbons (Fsp3) is 0.500. The molecule has 0 aromatic heterocycles. The van der Waals surface area contributed by atoms with Crippen molar-refractivity contribution in [1.82, 2.24) is 5.32 Å². The summed E-state index contributed by atoms with van der Waals surface area (Å²) in [6, 6.07) is 7.59. The number of nitrogens with one attached hydrogen (secondary N) is 1. The smallest absolute Gasteiger partial charge is 0.308 e. The fourth-order valence-electron chi connectivity index (χ4n) is 2.86. The Morgan fingerprint density at radius 1 is 1.30 bits per heavy atom. The lowest BCUT2D eigenvalue weighted by Gasteiger charge is -2.29. The van der Waals surface area contributed by atoms with Gasteiger partial charge >= 0.3 is 5.97 Å². The monoisotopic (exact) mass is 275 g/mol. The number of aryl methyl sites for hydroxylation is 1. The van der Waals surface area contributed by atoms with Crippen LogP contribution < -0.4 is 5.32 Å². The number of carboxylic acids is 1. The first-order valence-electron chi connectivity index (χ1n) is 7.14. The summed E-state index contributed by atoms with van der Waals surface area (Å²) in [6.07, 6.45) is 3.64. The van der Waals surface area contributed by atoms with Gasteiger partial charge in [-0.05, 0) is 25.3 Å². The average Bonchev–Trinajstić information content (AvgIpc) is 2.38. The molecule has 1 amide bonds. The van der Waals surface area contributed by atoms with Crippen LogP contribution in [0.1, 0.15) is 36.8 Å². The lowest BCUT2D eigenvalue weighted by atomic mass is 9.84. The van der Waals surface area contributed by atoms with Crippen molar-refractivity contribution in [3.8, 4) is 0 Å². The number of aliphatic carboxylic acids is 1. The Labute approximate surface area is 119 Å². The zero-order chi connectivity index (χ0) is 14.5. The average molecular weight is 275 g/mol. The molecule has 1 saturated carbocycles. The van der Waals surface area contributed by atoms with Crippen LogP contribution in [0.25, 0.3) is 0 Å². The Morgan fingerprint density at radius 2 is 2.05 bits per heavy atom. The minimum Gasteiger partial charge on any atom is -0.481 e. The Morgan fingerprint density at radius 3 is 2.75 bits per heavy atom. The molecule has 2 N–H and O–H groups in total. The third-order valence-corrected chi connectivity index (χ3v) is 3.88. The fourth-order valence-corrected chi connectivity index (χ4v) is 2.86. The normalized spacial score (nSPS) is 22.2. The Balaban J connectivity index is 1.94. The van der Waals surface area contributed by atoms with Crippen molar-refractivity contribution in [2.45, 2.75) is 45.1 Å². The van der Waals surface area contributed by atoms with E-state index in [9.17, 15) is 14.7 Å². The number of amides is 1. The van der Waals surface area contributed by atoms with Crippen LogP contribution in [0.3, 0.4) is 0 Å². The van der Waals surface area contributed by atoms with E-state index in [1.807, 2.05) is 31.2 Å². The molecule has 108 valence electrons. The summed E-state index contributed by atoms with van der Waals surface area (Å²) < 4.78 is 0. The summed E-state index contributed by atoms with van der Waals surface area (Å²) in [5.41, 5.74) is 2.08. The van der Waals surface area contributed by atoms with Gasteiger partial charge in [-0.2, -0.15) is 0 Å². The van der Waals surface area contributed by atoms with E-state index in [2.05, 4.69) is 5.32 Å². The van der Waals surface area contributed by atoms with Crippen LogP contribution in [-0.2, 0) is 16.0 Å². The van der Waals surface area contributed by atoms with E-state index in [0.717, 1.165) is 30.4 Å². The maximum Gasteiger partial charge on any atom is 0.308 e. The number of carboxylic acid groups (broad SMARTS) is 1. The van der Waals surface area contributed by atoms with Crippen LogP contribution in [0.15, 0.2) is 24.3 Å². The summed E-state index contributed by atoms with van der Waals surface area (Å²) in [5.74, 6) is -1.33. The topological polar surface area (TPSA) is 66.4 Å².